The zero-order valence-electron chi connectivity index (χ0n) is 11.6. The molecule has 1 aliphatic rings. The number of aromatic amines is 1. The molecule has 3 nitrogen and oxygen atoms in total. The highest BCUT2D eigenvalue weighted by molar-refractivity contribution is 5.03. The molecule has 1 fully saturated rings. The number of hydrogen-bond acceptors (Lipinski definition) is 2. The van der Waals surface area contributed by atoms with Crippen LogP contribution in [0.5, 0.6) is 5.88 Å². The zero-order chi connectivity index (χ0) is 12.7. The fourth-order valence-corrected chi connectivity index (χ4v) is 0.999. The van der Waals surface area contributed by atoms with Gasteiger partial charge in [-0.15, -0.1) is 0 Å². The van der Waals surface area contributed by atoms with Crippen LogP contribution in [0, 0.1) is 5.41 Å². The third-order valence-corrected chi connectivity index (χ3v) is 2.17. The zero-order valence-corrected chi connectivity index (χ0v) is 7.63. The van der Waals surface area contributed by atoms with Gasteiger partial charge in [-0.1, -0.05) is 6.92 Å². The maximum Gasteiger partial charge on any atom is 0.208 e. The van der Waals surface area contributed by atoms with Crippen molar-refractivity contribution in [3.05, 3.63) is 12.3 Å². The van der Waals surface area contributed by atoms with E-state index in [9.17, 15) is 0 Å². The molecule has 1 aromatic heterocycles. The molecule has 13 heavy (non-hydrogen) atoms. The summed E-state index contributed by atoms with van der Waals surface area (Å²) in [6, 6.07) is 1.57. The highest BCUT2D eigenvalue weighted by atomic mass is 16.5. The molecule has 0 bridgehead atoms. The van der Waals surface area contributed by atoms with Crippen molar-refractivity contribution in [2.45, 2.75) is 32.5 Å². The van der Waals surface area contributed by atoms with E-state index in [1.807, 2.05) is 0 Å². The van der Waals surface area contributed by atoms with E-state index in [-0.39, 0.29) is 6.61 Å². The largest absolute Gasteiger partial charge is 0.478 e. The standard InChI is InChI=1S/C10H16N2O/c1-10(5-6-10)4-2-8-13-9-3-7-11-12-9/h3,7H,2,4-6,8H2,1H3,(H,11,12)/i2D2,4D2. The number of H-pyrrole nitrogens is 1. The van der Waals surface area contributed by atoms with Gasteiger partial charge in [0.2, 0.25) is 5.88 Å². The van der Waals surface area contributed by atoms with Gasteiger partial charge in [-0.05, 0) is 31.0 Å². The molecule has 1 heterocycles. The molecule has 72 valence electrons. The van der Waals surface area contributed by atoms with E-state index < -0.39 is 18.2 Å². The van der Waals surface area contributed by atoms with Gasteiger partial charge in [-0.2, -0.15) is 5.10 Å². The number of nitrogens with one attached hydrogen (secondary N) is 1. The summed E-state index contributed by atoms with van der Waals surface area (Å²) in [4.78, 5) is 0. The van der Waals surface area contributed by atoms with Crippen LogP contribution in [0.3, 0.4) is 0 Å². The van der Waals surface area contributed by atoms with Crippen molar-refractivity contribution in [1.29, 1.82) is 0 Å². The van der Waals surface area contributed by atoms with E-state index in [0.29, 0.717) is 5.88 Å². The molecule has 3 heteroatoms. The first-order valence-corrected chi connectivity index (χ1v) is 4.41. The Balaban J connectivity index is 2.03. The molecule has 0 radical (unpaired) electrons. The molecule has 0 amide bonds. The van der Waals surface area contributed by atoms with Crippen LogP contribution < -0.4 is 4.74 Å². The summed E-state index contributed by atoms with van der Waals surface area (Å²) < 4.78 is 36.8. The molecule has 0 atom stereocenters. The highest BCUT2D eigenvalue weighted by Gasteiger charge is 2.36. The van der Waals surface area contributed by atoms with E-state index >= 15 is 0 Å². The molecular formula is C10H16N2O. The van der Waals surface area contributed by atoms with Crippen LogP contribution in [0.4, 0.5) is 0 Å². The normalized spacial score (nSPS) is 25.3. The van der Waals surface area contributed by atoms with Crippen molar-refractivity contribution in [1.82, 2.24) is 10.2 Å². The lowest BCUT2D eigenvalue weighted by atomic mass is 10.0. The van der Waals surface area contributed by atoms with Crippen LogP contribution in [0.15, 0.2) is 12.3 Å². The lowest BCUT2D eigenvalue weighted by Gasteiger charge is -2.07. The van der Waals surface area contributed by atoms with Gasteiger partial charge in [0.05, 0.1) is 12.8 Å². The maximum atomic E-state index is 7.96. The number of nitrogens with zero attached hydrogens (tertiary/aromatic N) is 1. The molecule has 2 rings (SSSR count). The van der Waals surface area contributed by atoms with Crippen LogP contribution in [0.1, 0.15) is 38.0 Å². The molecule has 1 aliphatic carbocycles. The second-order valence-electron chi connectivity index (χ2n) is 3.57. The first-order valence-electron chi connectivity index (χ1n) is 6.41. The first kappa shape index (κ1) is 5.03. The average molecular weight is 184 g/mol. The Morgan fingerprint density at radius 3 is 3.23 bits per heavy atom. The van der Waals surface area contributed by atoms with Crippen molar-refractivity contribution in [3.63, 3.8) is 0 Å². The van der Waals surface area contributed by atoms with Crippen molar-refractivity contribution in [2.24, 2.45) is 5.41 Å². The Morgan fingerprint density at radius 1 is 1.77 bits per heavy atom. The van der Waals surface area contributed by atoms with Crippen LogP contribution in [0.2, 0.25) is 0 Å². The molecule has 1 N–H and O–H groups in total. The molecule has 0 aromatic carbocycles. The summed E-state index contributed by atoms with van der Waals surface area (Å²) >= 11 is 0. The third-order valence-electron chi connectivity index (χ3n) is 2.17. The average Bonchev–Trinajstić information content (AvgIpc) is 2.82. The van der Waals surface area contributed by atoms with E-state index in [1.165, 1.54) is 6.20 Å². The molecule has 0 saturated heterocycles. The predicted molar refractivity (Wildman–Crippen MR) is 50.7 cm³/mol. The lowest BCUT2D eigenvalue weighted by molar-refractivity contribution is 0.281. The quantitative estimate of drug-likeness (QED) is 0.763. The minimum Gasteiger partial charge on any atom is -0.478 e. The summed E-state index contributed by atoms with van der Waals surface area (Å²) in [6.07, 6.45) is -0.960. The van der Waals surface area contributed by atoms with E-state index in [1.54, 1.807) is 13.0 Å². The van der Waals surface area contributed by atoms with Gasteiger partial charge in [0, 0.05) is 11.5 Å². The molecule has 0 aliphatic heterocycles. The molecule has 1 saturated carbocycles. The monoisotopic (exact) mass is 184 g/mol. The Labute approximate surface area is 84.1 Å². The van der Waals surface area contributed by atoms with Crippen LogP contribution >= 0.6 is 0 Å². The second kappa shape index (κ2) is 3.40. The summed E-state index contributed by atoms with van der Waals surface area (Å²) in [6.45, 7) is 1.46. The fraction of sp³-hybridized carbons (Fsp3) is 0.700. The Hall–Kier alpha value is -0.990. The summed E-state index contributed by atoms with van der Waals surface area (Å²) in [7, 11) is 0. The summed E-state index contributed by atoms with van der Waals surface area (Å²) in [5.41, 5.74) is -0.562. The topological polar surface area (TPSA) is 37.9 Å². The number of aromatic nitrogens is 2. The van der Waals surface area contributed by atoms with Crippen molar-refractivity contribution < 1.29 is 10.2 Å². The SMILES string of the molecule is [2H]C([2H])(COc1ccn[nH]1)C([2H])([2H])C1(C)CC1. The number of hydrogen-bond donors (Lipinski definition) is 1. The Morgan fingerprint density at radius 2 is 2.62 bits per heavy atom. The number of ether oxygens (including phenoxy) is 1. The minimum atomic E-state index is -2.02. The lowest BCUT2D eigenvalue weighted by Crippen LogP contribution is -2.01. The van der Waals surface area contributed by atoms with Gasteiger partial charge in [-0.25, -0.2) is 5.10 Å². The maximum absolute atomic E-state index is 7.96. The third kappa shape index (κ3) is 2.47. The van der Waals surface area contributed by atoms with Crippen LogP contribution in [-0.4, -0.2) is 16.8 Å². The van der Waals surface area contributed by atoms with Gasteiger partial charge in [0.25, 0.3) is 0 Å². The smallest absolute Gasteiger partial charge is 0.208 e. The van der Waals surface area contributed by atoms with Gasteiger partial charge >= 0.3 is 0 Å². The number of rotatable bonds is 5. The van der Waals surface area contributed by atoms with Crippen LogP contribution in [-0.2, 0) is 0 Å². The van der Waals surface area contributed by atoms with Crippen molar-refractivity contribution in [2.75, 3.05) is 6.61 Å². The van der Waals surface area contributed by atoms with Gasteiger partial charge < -0.3 is 4.74 Å². The second-order valence-corrected chi connectivity index (χ2v) is 3.57. The van der Waals surface area contributed by atoms with E-state index in [2.05, 4.69) is 10.2 Å². The minimum absolute atomic E-state index is 0.322. The summed E-state index contributed by atoms with van der Waals surface area (Å²) in [5, 5.41) is 6.23. The van der Waals surface area contributed by atoms with Gasteiger partial charge in [0.15, 0.2) is 0 Å². The van der Waals surface area contributed by atoms with E-state index in [4.69, 9.17) is 10.2 Å². The fourth-order valence-electron chi connectivity index (χ4n) is 0.999. The molecule has 0 spiro atoms. The Kier molecular flexibility index (Phi) is 1.32. The first-order chi connectivity index (χ1) is 7.79. The molecule has 1 aromatic rings. The van der Waals surface area contributed by atoms with E-state index in [0.717, 1.165) is 12.8 Å². The molecular weight excluding hydrogens is 164 g/mol. The van der Waals surface area contributed by atoms with Crippen molar-refractivity contribution >= 4 is 0 Å². The molecule has 0 unspecified atom stereocenters. The van der Waals surface area contributed by atoms with Crippen molar-refractivity contribution in [3.8, 4) is 5.88 Å². The Bertz CT molecular complexity index is 387. The van der Waals surface area contributed by atoms with Crippen LogP contribution in [0.25, 0.3) is 0 Å². The predicted octanol–water partition coefficient (Wildman–Crippen LogP) is 2.37. The van der Waals surface area contributed by atoms with Gasteiger partial charge in [-0.3, -0.25) is 0 Å². The van der Waals surface area contributed by atoms with Gasteiger partial charge in [0.1, 0.15) is 0 Å². The highest BCUT2D eigenvalue weighted by Crippen LogP contribution is 2.48. The summed E-state index contributed by atoms with van der Waals surface area (Å²) in [5.74, 6) is 0.352.